The fraction of sp³-hybridized carbons (Fsp3) is 0.211. The van der Waals surface area contributed by atoms with Crippen LogP contribution in [0.4, 0.5) is 5.69 Å². The predicted octanol–water partition coefficient (Wildman–Crippen LogP) is 4.36. The minimum Gasteiger partial charge on any atom is -0.495 e. The van der Waals surface area contributed by atoms with E-state index < -0.39 is 0 Å². The normalized spacial score (nSPS) is 10.5. The molecule has 0 aliphatic rings. The van der Waals surface area contributed by atoms with Crippen molar-refractivity contribution in [2.75, 3.05) is 12.4 Å². The van der Waals surface area contributed by atoms with Crippen LogP contribution in [0.1, 0.15) is 18.7 Å². The van der Waals surface area contributed by atoms with Gasteiger partial charge in [-0.05, 0) is 42.8 Å². The Bertz CT molecular complexity index is 878. The van der Waals surface area contributed by atoms with Gasteiger partial charge in [0.2, 0.25) is 17.6 Å². The van der Waals surface area contributed by atoms with Crippen molar-refractivity contribution in [3.05, 3.63) is 59.4 Å². The summed E-state index contributed by atoms with van der Waals surface area (Å²) in [6, 6.07) is 14.5. The Labute approximate surface area is 156 Å². The molecule has 3 aromatic rings. The Morgan fingerprint density at radius 3 is 2.73 bits per heavy atom. The van der Waals surface area contributed by atoms with Crippen molar-refractivity contribution < 1.29 is 14.1 Å². The van der Waals surface area contributed by atoms with Gasteiger partial charge < -0.3 is 14.6 Å². The van der Waals surface area contributed by atoms with Crippen molar-refractivity contribution in [1.29, 1.82) is 0 Å². The molecule has 0 atom stereocenters. The predicted molar refractivity (Wildman–Crippen MR) is 99.3 cm³/mol. The van der Waals surface area contributed by atoms with Crippen LogP contribution in [-0.4, -0.2) is 23.2 Å². The summed E-state index contributed by atoms with van der Waals surface area (Å²) in [6.07, 6.45) is 1.47. The number of hydrogen-bond acceptors (Lipinski definition) is 5. The van der Waals surface area contributed by atoms with Crippen LogP contribution in [0, 0.1) is 0 Å². The van der Waals surface area contributed by atoms with Crippen LogP contribution in [0.5, 0.6) is 5.75 Å². The van der Waals surface area contributed by atoms with E-state index in [1.807, 2.05) is 24.3 Å². The number of aromatic nitrogens is 2. The minimum atomic E-state index is -0.0908. The first-order valence-electron chi connectivity index (χ1n) is 8.17. The molecule has 1 aromatic heterocycles. The summed E-state index contributed by atoms with van der Waals surface area (Å²) >= 11 is 5.87. The molecule has 0 radical (unpaired) electrons. The molecule has 1 heterocycles. The minimum absolute atomic E-state index is 0.0908. The number of carbonyl (C=O) groups excluding carboxylic acids is 1. The number of anilines is 1. The molecule has 134 valence electrons. The Balaban J connectivity index is 1.50. The first-order chi connectivity index (χ1) is 12.7. The Kier molecular flexibility index (Phi) is 5.86. The topological polar surface area (TPSA) is 77.2 Å². The van der Waals surface area contributed by atoms with Crippen LogP contribution in [-0.2, 0) is 11.2 Å². The second kappa shape index (κ2) is 8.49. The third-order valence-corrected chi connectivity index (χ3v) is 4.00. The number of hydrogen-bond donors (Lipinski definition) is 1. The summed E-state index contributed by atoms with van der Waals surface area (Å²) in [7, 11) is 1.57. The number of halogens is 1. The number of methoxy groups -OCH3 is 1. The van der Waals surface area contributed by atoms with Gasteiger partial charge in [-0.25, -0.2) is 0 Å². The van der Waals surface area contributed by atoms with Crippen LogP contribution in [0.3, 0.4) is 0 Å². The molecule has 0 fully saturated rings. The number of para-hydroxylation sites is 2. The van der Waals surface area contributed by atoms with Crippen LogP contribution in [0.15, 0.2) is 53.1 Å². The monoisotopic (exact) mass is 371 g/mol. The third-order valence-electron chi connectivity index (χ3n) is 3.75. The van der Waals surface area contributed by atoms with Crippen molar-refractivity contribution in [2.45, 2.75) is 19.3 Å². The van der Waals surface area contributed by atoms with Crippen LogP contribution >= 0.6 is 11.6 Å². The van der Waals surface area contributed by atoms with Gasteiger partial charge in [0.25, 0.3) is 0 Å². The van der Waals surface area contributed by atoms with Gasteiger partial charge >= 0.3 is 0 Å². The lowest BCUT2D eigenvalue weighted by atomic mass is 10.2. The molecule has 0 saturated heterocycles. The number of ether oxygens (including phenoxy) is 1. The Hall–Kier alpha value is -2.86. The van der Waals surface area contributed by atoms with E-state index in [1.54, 1.807) is 31.4 Å². The average molecular weight is 372 g/mol. The average Bonchev–Trinajstić information content (AvgIpc) is 3.11. The Morgan fingerprint density at radius 1 is 1.19 bits per heavy atom. The molecule has 0 aliphatic carbocycles. The molecule has 7 heteroatoms. The van der Waals surface area contributed by atoms with E-state index in [-0.39, 0.29) is 5.91 Å². The van der Waals surface area contributed by atoms with E-state index in [9.17, 15) is 4.79 Å². The molecule has 1 amide bonds. The van der Waals surface area contributed by atoms with E-state index in [0.29, 0.717) is 47.4 Å². The molecule has 0 spiro atoms. The maximum Gasteiger partial charge on any atom is 0.226 e. The molecule has 0 unspecified atom stereocenters. The van der Waals surface area contributed by atoms with Crippen LogP contribution in [0.25, 0.3) is 11.4 Å². The van der Waals surface area contributed by atoms with Crippen LogP contribution in [0.2, 0.25) is 5.02 Å². The van der Waals surface area contributed by atoms with E-state index in [0.717, 1.165) is 5.56 Å². The number of amides is 1. The molecule has 6 nitrogen and oxygen atoms in total. The second-order valence-electron chi connectivity index (χ2n) is 5.62. The molecule has 2 aromatic carbocycles. The number of benzene rings is 2. The summed E-state index contributed by atoms with van der Waals surface area (Å²) in [4.78, 5) is 16.4. The zero-order valence-electron chi connectivity index (χ0n) is 14.2. The smallest absolute Gasteiger partial charge is 0.226 e. The highest BCUT2D eigenvalue weighted by atomic mass is 35.5. The van der Waals surface area contributed by atoms with Gasteiger partial charge in [0.05, 0.1) is 12.8 Å². The van der Waals surface area contributed by atoms with Crippen LogP contribution < -0.4 is 10.1 Å². The molecular weight excluding hydrogens is 354 g/mol. The van der Waals surface area contributed by atoms with E-state index in [1.165, 1.54) is 0 Å². The largest absolute Gasteiger partial charge is 0.495 e. The fourth-order valence-electron chi connectivity index (χ4n) is 2.43. The summed E-state index contributed by atoms with van der Waals surface area (Å²) in [5, 5.41) is 7.45. The maximum atomic E-state index is 12.1. The summed E-state index contributed by atoms with van der Waals surface area (Å²) in [5.41, 5.74) is 1.49. The van der Waals surface area contributed by atoms with Crippen molar-refractivity contribution in [1.82, 2.24) is 10.1 Å². The number of aryl methyl sites for hydroxylation is 1. The number of rotatable bonds is 7. The number of carbonyl (C=O) groups is 1. The Morgan fingerprint density at radius 2 is 1.96 bits per heavy atom. The zero-order chi connectivity index (χ0) is 18.4. The summed E-state index contributed by atoms with van der Waals surface area (Å²) in [6.45, 7) is 0. The van der Waals surface area contributed by atoms with E-state index in [4.69, 9.17) is 20.9 Å². The SMILES string of the molecule is COc1ccccc1NC(=O)CCCc1nc(-c2ccc(Cl)cc2)no1. The van der Waals surface area contributed by atoms with Gasteiger partial charge in [0, 0.05) is 23.4 Å². The summed E-state index contributed by atoms with van der Waals surface area (Å²) in [5.74, 6) is 1.55. The lowest BCUT2D eigenvalue weighted by molar-refractivity contribution is -0.116. The molecule has 0 aliphatic heterocycles. The van der Waals surface area contributed by atoms with Crippen molar-refractivity contribution >= 4 is 23.2 Å². The van der Waals surface area contributed by atoms with Gasteiger partial charge in [-0.2, -0.15) is 4.98 Å². The van der Waals surface area contributed by atoms with E-state index in [2.05, 4.69) is 15.5 Å². The molecular formula is C19H18ClN3O3. The van der Waals surface area contributed by atoms with E-state index >= 15 is 0 Å². The quantitative estimate of drug-likeness (QED) is 0.667. The van der Waals surface area contributed by atoms with Gasteiger partial charge in [-0.1, -0.05) is 28.9 Å². The van der Waals surface area contributed by atoms with Gasteiger partial charge in [0.1, 0.15) is 5.75 Å². The molecule has 0 saturated carbocycles. The fourth-order valence-corrected chi connectivity index (χ4v) is 2.56. The highest BCUT2D eigenvalue weighted by molar-refractivity contribution is 6.30. The highest BCUT2D eigenvalue weighted by Gasteiger charge is 2.11. The van der Waals surface area contributed by atoms with Gasteiger partial charge in [0.15, 0.2) is 0 Å². The second-order valence-corrected chi connectivity index (χ2v) is 6.06. The lowest BCUT2D eigenvalue weighted by Gasteiger charge is -2.09. The van der Waals surface area contributed by atoms with Crippen molar-refractivity contribution in [3.63, 3.8) is 0 Å². The molecule has 3 rings (SSSR count). The lowest BCUT2D eigenvalue weighted by Crippen LogP contribution is -2.12. The maximum absolute atomic E-state index is 12.1. The first-order valence-corrected chi connectivity index (χ1v) is 8.55. The van der Waals surface area contributed by atoms with Crippen molar-refractivity contribution in [2.24, 2.45) is 0 Å². The summed E-state index contributed by atoms with van der Waals surface area (Å²) < 4.78 is 10.5. The molecule has 0 bridgehead atoms. The highest BCUT2D eigenvalue weighted by Crippen LogP contribution is 2.23. The number of nitrogens with one attached hydrogen (secondary N) is 1. The standard InChI is InChI=1S/C19H18ClN3O3/c1-25-16-6-3-2-5-15(16)21-17(24)7-4-8-18-22-19(23-26-18)13-9-11-14(20)12-10-13/h2-3,5-6,9-12H,4,7-8H2,1H3,(H,21,24). The molecule has 1 N–H and O–H groups in total. The van der Waals surface area contributed by atoms with Gasteiger partial charge in [-0.15, -0.1) is 0 Å². The third kappa shape index (κ3) is 4.61. The van der Waals surface area contributed by atoms with Gasteiger partial charge in [-0.3, -0.25) is 4.79 Å². The van der Waals surface area contributed by atoms with Crippen molar-refractivity contribution in [3.8, 4) is 17.1 Å². The zero-order valence-corrected chi connectivity index (χ0v) is 15.0. The number of nitrogens with zero attached hydrogens (tertiary/aromatic N) is 2. The first kappa shape index (κ1) is 17.9. The molecule has 26 heavy (non-hydrogen) atoms.